The maximum absolute atomic E-state index is 11.4. The van der Waals surface area contributed by atoms with Crippen LogP contribution in [0.1, 0.15) is 0 Å². The van der Waals surface area contributed by atoms with Crippen molar-refractivity contribution in [2.75, 3.05) is 18.1 Å². The first kappa shape index (κ1) is 12.8. The van der Waals surface area contributed by atoms with Gasteiger partial charge in [0.2, 0.25) is 10.0 Å². The summed E-state index contributed by atoms with van der Waals surface area (Å²) in [5.41, 5.74) is 1.72. The van der Waals surface area contributed by atoms with E-state index in [1.165, 1.54) is 7.11 Å². The van der Waals surface area contributed by atoms with Crippen molar-refractivity contribution in [3.63, 3.8) is 0 Å². The van der Waals surface area contributed by atoms with Crippen LogP contribution in [0.25, 0.3) is 21.9 Å². The molecule has 0 radical (unpaired) electrons. The van der Waals surface area contributed by atoms with Crippen molar-refractivity contribution >= 4 is 37.6 Å². The highest BCUT2D eigenvalue weighted by molar-refractivity contribution is 7.92. The second kappa shape index (κ2) is 4.42. The molecule has 1 N–H and O–H groups in total. The second-order valence-electron chi connectivity index (χ2n) is 4.52. The van der Waals surface area contributed by atoms with Crippen LogP contribution in [-0.2, 0) is 10.0 Å². The van der Waals surface area contributed by atoms with Crippen molar-refractivity contribution in [3.8, 4) is 5.75 Å². The fraction of sp³-hybridized carbons (Fsp3) is 0.143. The fourth-order valence-electron chi connectivity index (χ4n) is 2.20. The van der Waals surface area contributed by atoms with Gasteiger partial charge >= 0.3 is 0 Å². The molecule has 3 aromatic rings. The predicted molar refractivity (Wildman–Crippen MR) is 78.7 cm³/mol. The van der Waals surface area contributed by atoms with Gasteiger partial charge in [-0.25, -0.2) is 8.42 Å². The number of sulfonamides is 1. The molecule has 5 nitrogen and oxygen atoms in total. The van der Waals surface area contributed by atoms with Crippen molar-refractivity contribution < 1.29 is 17.6 Å². The molecule has 6 heteroatoms. The number of methoxy groups -OCH3 is 1. The Bertz CT molecular complexity index is 896. The summed E-state index contributed by atoms with van der Waals surface area (Å²) in [5, 5.41) is 1.85. The van der Waals surface area contributed by atoms with Gasteiger partial charge in [0.1, 0.15) is 16.9 Å². The standard InChI is InChI=1S/C14H13NO4S/c1-18-14-7-10-9-5-3-4-6-12(9)19-13(10)8-11(14)15-20(2,16)17/h3-8,15H,1-2H3. The number of furan rings is 1. The number of hydrogen-bond donors (Lipinski definition) is 1. The molecule has 104 valence electrons. The summed E-state index contributed by atoms with van der Waals surface area (Å²) in [5.74, 6) is 0.453. The predicted octanol–water partition coefficient (Wildman–Crippen LogP) is 2.97. The Balaban J connectivity index is 2.29. The number of benzene rings is 2. The van der Waals surface area contributed by atoms with Crippen molar-refractivity contribution in [1.29, 1.82) is 0 Å². The number of hydrogen-bond acceptors (Lipinski definition) is 4. The van der Waals surface area contributed by atoms with Crippen molar-refractivity contribution in [1.82, 2.24) is 0 Å². The lowest BCUT2D eigenvalue weighted by molar-refractivity contribution is 0.417. The maximum atomic E-state index is 11.4. The van der Waals surface area contributed by atoms with Gasteiger partial charge in [-0.1, -0.05) is 18.2 Å². The van der Waals surface area contributed by atoms with Crippen LogP contribution in [-0.4, -0.2) is 21.8 Å². The Hall–Kier alpha value is -2.21. The fourth-order valence-corrected chi connectivity index (χ4v) is 2.76. The molecule has 0 atom stereocenters. The highest BCUT2D eigenvalue weighted by Crippen LogP contribution is 2.36. The van der Waals surface area contributed by atoms with Crippen molar-refractivity contribution in [2.45, 2.75) is 0 Å². The van der Waals surface area contributed by atoms with E-state index in [2.05, 4.69) is 4.72 Å². The topological polar surface area (TPSA) is 68.5 Å². The van der Waals surface area contributed by atoms with E-state index in [9.17, 15) is 8.42 Å². The number of nitrogens with one attached hydrogen (secondary N) is 1. The third kappa shape index (κ3) is 2.18. The average Bonchev–Trinajstić information content (AvgIpc) is 2.73. The monoisotopic (exact) mass is 291 g/mol. The van der Waals surface area contributed by atoms with Crippen LogP contribution in [0.2, 0.25) is 0 Å². The molecule has 0 aliphatic heterocycles. The zero-order valence-electron chi connectivity index (χ0n) is 11.0. The van der Waals surface area contributed by atoms with E-state index in [0.717, 1.165) is 22.6 Å². The SMILES string of the molecule is COc1cc2c(cc1NS(C)(=O)=O)oc1ccccc12. The Labute approximate surface area is 116 Å². The van der Waals surface area contributed by atoms with Crippen LogP contribution < -0.4 is 9.46 Å². The molecule has 2 aromatic carbocycles. The summed E-state index contributed by atoms with van der Waals surface area (Å²) >= 11 is 0. The Kier molecular flexibility index (Phi) is 2.83. The molecule has 0 unspecified atom stereocenters. The number of fused-ring (bicyclic) bond motifs is 3. The van der Waals surface area contributed by atoms with Gasteiger partial charge in [-0.3, -0.25) is 4.72 Å². The van der Waals surface area contributed by atoms with Crippen molar-refractivity contribution in [2.24, 2.45) is 0 Å². The van der Waals surface area contributed by atoms with Gasteiger partial charge in [-0.15, -0.1) is 0 Å². The van der Waals surface area contributed by atoms with E-state index >= 15 is 0 Å². The number of ether oxygens (including phenoxy) is 1. The zero-order valence-corrected chi connectivity index (χ0v) is 11.8. The van der Waals surface area contributed by atoms with Gasteiger partial charge in [0.05, 0.1) is 19.1 Å². The Morgan fingerprint density at radius 3 is 2.55 bits per heavy atom. The van der Waals surface area contributed by atoms with E-state index in [0.29, 0.717) is 17.0 Å². The molecule has 1 aromatic heterocycles. The number of anilines is 1. The van der Waals surface area contributed by atoms with E-state index in [-0.39, 0.29) is 0 Å². The lowest BCUT2D eigenvalue weighted by Crippen LogP contribution is -2.10. The van der Waals surface area contributed by atoms with Gasteiger partial charge in [0.15, 0.2) is 0 Å². The first-order chi connectivity index (χ1) is 9.48. The smallest absolute Gasteiger partial charge is 0.229 e. The molecule has 20 heavy (non-hydrogen) atoms. The maximum Gasteiger partial charge on any atom is 0.229 e. The van der Waals surface area contributed by atoms with Crippen LogP contribution in [0.15, 0.2) is 40.8 Å². The molecule has 1 heterocycles. The van der Waals surface area contributed by atoms with E-state index < -0.39 is 10.0 Å². The van der Waals surface area contributed by atoms with Gasteiger partial charge in [-0.2, -0.15) is 0 Å². The molecule has 3 rings (SSSR count). The normalized spacial score (nSPS) is 11.9. The van der Waals surface area contributed by atoms with Crippen molar-refractivity contribution in [3.05, 3.63) is 36.4 Å². The lowest BCUT2D eigenvalue weighted by Gasteiger charge is -2.09. The Morgan fingerprint density at radius 2 is 1.85 bits per heavy atom. The van der Waals surface area contributed by atoms with Gasteiger partial charge in [0.25, 0.3) is 0 Å². The van der Waals surface area contributed by atoms with E-state index in [1.54, 1.807) is 12.1 Å². The summed E-state index contributed by atoms with van der Waals surface area (Å²) in [4.78, 5) is 0. The molecule has 0 saturated carbocycles. The summed E-state index contributed by atoms with van der Waals surface area (Å²) in [6.07, 6.45) is 1.09. The molecular weight excluding hydrogens is 278 g/mol. The minimum atomic E-state index is -3.38. The molecule has 0 spiro atoms. The highest BCUT2D eigenvalue weighted by Gasteiger charge is 2.14. The third-order valence-corrected chi connectivity index (χ3v) is 3.58. The van der Waals surface area contributed by atoms with Crippen LogP contribution in [0, 0.1) is 0 Å². The largest absolute Gasteiger partial charge is 0.495 e. The molecule has 0 saturated heterocycles. The zero-order chi connectivity index (χ0) is 14.3. The molecule has 0 aliphatic rings. The number of para-hydroxylation sites is 1. The van der Waals surface area contributed by atoms with Crippen LogP contribution in [0.3, 0.4) is 0 Å². The average molecular weight is 291 g/mol. The molecule has 0 bridgehead atoms. The summed E-state index contributed by atoms with van der Waals surface area (Å²) in [6.45, 7) is 0. The molecule has 0 aliphatic carbocycles. The third-order valence-electron chi connectivity index (χ3n) is 2.99. The summed E-state index contributed by atoms with van der Waals surface area (Å²) in [7, 11) is -1.88. The van der Waals surface area contributed by atoms with Crippen LogP contribution in [0.5, 0.6) is 5.75 Å². The van der Waals surface area contributed by atoms with E-state index in [1.807, 2.05) is 24.3 Å². The van der Waals surface area contributed by atoms with Gasteiger partial charge in [0, 0.05) is 16.8 Å². The van der Waals surface area contributed by atoms with Crippen LogP contribution >= 0.6 is 0 Å². The number of rotatable bonds is 3. The Morgan fingerprint density at radius 1 is 1.10 bits per heavy atom. The first-order valence-electron chi connectivity index (χ1n) is 5.95. The van der Waals surface area contributed by atoms with E-state index in [4.69, 9.17) is 9.15 Å². The van der Waals surface area contributed by atoms with Crippen LogP contribution in [0.4, 0.5) is 5.69 Å². The second-order valence-corrected chi connectivity index (χ2v) is 6.27. The lowest BCUT2D eigenvalue weighted by atomic mass is 10.1. The minimum Gasteiger partial charge on any atom is -0.495 e. The molecule has 0 fully saturated rings. The highest BCUT2D eigenvalue weighted by atomic mass is 32.2. The van der Waals surface area contributed by atoms with Gasteiger partial charge in [-0.05, 0) is 12.1 Å². The first-order valence-corrected chi connectivity index (χ1v) is 7.84. The molecular formula is C14H13NO4S. The quantitative estimate of drug-likeness (QED) is 0.805. The molecule has 0 amide bonds. The summed E-state index contributed by atoms with van der Waals surface area (Å²) < 4.78 is 36.1. The van der Waals surface area contributed by atoms with Gasteiger partial charge < -0.3 is 9.15 Å². The summed E-state index contributed by atoms with van der Waals surface area (Å²) in [6, 6.07) is 11.0. The minimum absolute atomic E-state index is 0.363.